The van der Waals surface area contributed by atoms with Gasteiger partial charge in [-0.15, -0.1) is 0 Å². The first-order chi connectivity index (χ1) is 13.8. The van der Waals surface area contributed by atoms with Crippen molar-refractivity contribution in [3.8, 4) is 17.2 Å². The van der Waals surface area contributed by atoms with Crippen molar-refractivity contribution in [2.24, 2.45) is 22.7 Å². The van der Waals surface area contributed by atoms with Gasteiger partial charge >= 0.3 is 29.6 Å². The predicted molar refractivity (Wildman–Crippen MR) is 110 cm³/mol. The van der Waals surface area contributed by atoms with Gasteiger partial charge < -0.3 is 18.9 Å². The standard InChI is InChI=1S/C22H30O7S.Na/c1-13-6-7-18-21(2,3)8-5-9-22(18,4)16(13)10-14-11-17(24)19(25)15(12-23)20(14)29-30(26,27)28;/h6,11-12,16,18,24-25H,5,7-10H2,1-4H3,(H,26,27,28);/q;+1/p-1/t16-,18?,22+;/m0./s1. The second kappa shape index (κ2) is 9.06. The number of carbonyl (C=O) groups is 1. The van der Waals surface area contributed by atoms with E-state index in [4.69, 9.17) is 0 Å². The SMILES string of the molecule is CC1=CCC2C(C)(C)CCC[C@]2(C)[C@H]1Cc1cc(O)c(O)c(C=O)c1OS(=O)(=O)[O-].[Na+]. The van der Waals surface area contributed by atoms with Crippen LogP contribution < -0.4 is 33.7 Å². The van der Waals surface area contributed by atoms with E-state index in [9.17, 15) is 28.0 Å². The van der Waals surface area contributed by atoms with Crippen LogP contribution in [0, 0.1) is 22.7 Å². The van der Waals surface area contributed by atoms with Crippen LogP contribution in [0.1, 0.15) is 69.3 Å². The summed E-state index contributed by atoms with van der Waals surface area (Å²) >= 11 is 0. The van der Waals surface area contributed by atoms with E-state index < -0.39 is 33.2 Å². The smallest absolute Gasteiger partial charge is 0.716 e. The van der Waals surface area contributed by atoms with Gasteiger partial charge in [0.2, 0.25) is 0 Å². The number of phenols is 2. The molecule has 2 N–H and O–H groups in total. The molecule has 31 heavy (non-hydrogen) atoms. The fourth-order valence-electron chi connectivity index (χ4n) is 5.93. The van der Waals surface area contributed by atoms with Crippen molar-refractivity contribution in [2.45, 2.75) is 59.8 Å². The van der Waals surface area contributed by atoms with Gasteiger partial charge in [-0.25, -0.2) is 8.42 Å². The number of aromatic hydroxyl groups is 2. The molecular weight excluding hydrogens is 431 g/mol. The molecule has 1 aromatic carbocycles. The maximum absolute atomic E-state index is 11.5. The Labute approximate surface area is 206 Å². The number of hydrogen-bond acceptors (Lipinski definition) is 7. The zero-order chi connectivity index (χ0) is 22.5. The normalized spacial score (nSPS) is 27.5. The number of phenolic OH excluding ortho intramolecular Hbond substituents is 2. The molecule has 0 amide bonds. The van der Waals surface area contributed by atoms with Crippen molar-refractivity contribution in [1.82, 2.24) is 0 Å². The van der Waals surface area contributed by atoms with E-state index >= 15 is 0 Å². The van der Waals surface area contributed by atoms with E-state index in [1.165, 1.54) is 6.07 Å². The number of allylic oxidation sites excluding steroid dienone is 2. The Kier molecular flexibility index (Phi) is 7.65. The Balaban J connectivity index is 0.00000341. The van der Waals surface area contributed by atoms with Gasteiger partial charge in [-0.05, 0) is 61.3 Å². The Morgan fingerprint density at radius 2 is 1.90 bits per heavy atom. The van der Waals surface area contributed by atoms with Gasteiger partial charge in [-0.2, -0.15) is 0 Å². The summed E-state index contributed by atoms with van der Waals surface area (Å²) < 4.78 is 38.5. The van der Waals surface area contributed by atoms with Crippen LogP contribution in [0.15, 0.2) is 17.7 Å². The molecule has 0 bridgehead atoms. The van der Waals surface area contributed by atoms with Gasteiger partial charge in [-0.3, -0.25) is 4.79 Å². The number of aldehydes is 1. The zero-order valence-electron chi connectivity index (χ0n) is 18.8. The van der Waals surface area contributed by atoms with E-state index in [2.05, 4.69) is 31.0 Å². The van der Waals surface area contributed by atoms with Crippen LogP contribution in [0.25, 0.3) is 0 Å². The molecule has 0 spiro atoms. The van der Waals surface area contributed by atoms with Gasteiger partial charge in [0.15, 0.2) is 23.5 Å². The van der Waals surface area contributed by atoms with Crippen LogP contribution in [-0.4, -0.2) is 29.5 Å². The minimum atomic E-state index is -5.19. The molecule has 9 heteroatoms. The second-order valence-electron chi connectivity index (χ2n) is 9.60. The summed E-state index contributed by atoms with van der Waals surface area (Å²) in [7, 11) is -5.19. The maximum atomic E-state index is 11.5. The van der Waals surface area contributed by atoms with Gasteiger partial charge in [0, 0.05) is 5.56 Å². The van der Waals surface area contributed by atoms with Crippen LogP contribution in [0.2, 0.25) is 0 Å². The molecule has 2 aliphatic carbocycles. The summed E-state index contributed by atoms with van der Waals surface area (Å²) in [6.45, 7) is 8.82. The van der Waals surface area contributed by atoms with Gasteiger partial charge in [0.05, 0.1) is 0 Å². The predicted octanol–water partition coefficient (Wildman–Crippen LogP) is 1.09. The first-order valence-corrected chi connectivity index (χ1v) is 11.5. The van der Waals surface area contributed by atoms with Crippen molar-refractivity contribution in [1.29, 1.82) is 0 Å². The summed E-state index contributed by atoms with van der Waals surface area (Å²) in [6, 6.07) is 1.18. The molecule has 0 radical (unpaired) electrons. The van der Waals surface area contributed by atoms with E-state index in [0.29, 0.717) is 5.92 Å². The Hall–Kier alpha value is -1.06. The first kappa shape index (κ1) is 26.2. The van der Waals surface area contributed by atoms with Gasteiger partial charge in [0.1, 0.15) is 5.56 Å². The fraction of sp³-hybridized carbons (Fsp3) is 0.591. The van der Waals surface area contributed by atoms with Crippen molar-refractivity contribution in [2.75, 3.05) is 0 Å². The number of fused-ring (bicyclic) bond motifs is 1. The number of hydrogen-bond donors (Lipinski definition) is 2. The van der Waals surface area contributed by atoms with Crippen molar-refractivity contribution >= 4 is 16.7 Å². The second-order valence-corrected chi connectivity index (χ2v) is 10.6. The molecule has 1 saturated carbocycles. The maximum Gasteiger partial charge on any atom is 1.00 e. The molecule has 1 fully saturated rings. The minimum absolute atomic E-state index is 0. The quantitative estimate of drug-likeness (QED) is 0.168. The van der Waals surface area contributed by atoms with Crippen LogP contribution in [0.5, 0.6) is 17.2 Å². The summed E-state index contributed by atoms with van der Waals surface area (Å²) in [5, 5.41) is 20.1. The molecule has 0 heterocycles. The van der Waals surface area contributed by atoms with Gasteiger partial charge in [-0.1, -0.05) is 38.8 Å². The molecule has 1 aromatic rings. The summed E-state index contributed by atoms with van der Waals surface area (Å²) in [6.07, 6.45) is 6.81. The van der Waals surface area contributed by atoms with Crippen molar-refractivity contribution in [3.63, 3.8) is 0 Å². The molecule has 1 unspecified atom stereocenters. The summed E-state index contributed by atoms with van der Waals surface area (Å²) in [5.41, 5.74) is 0.860. The van der Waals surface area contributed by atoms with Crippen LogP contribution in [0.4, 0.5) is 0 Å². The Bertz CT molecular complexity index is 1000. The minimum Gasteiger partial charge on any atom is -0.716 e. The number of benzene rings is 1. The molecule has 0 aliphatic heterocycles. The fourth-order valence-corrected chi connectivity index (χ4v) is 6.33. The van der Waals surface area contributed by atoms with E-state index in [-0.39, 0.29) is 64.6 Å². The molecule has 166 valence electrons. The summed E-state index contributed by atoms with van der Waals surface area (Å²) in [4.78, 5) is 11.5. The zero-order valence-corrected chi connectivity index (χ0v) is 21.6. The van der Waals surface area contributed by atoms with E-state index in [1.54, 1.807) is 0 Å². The number of rotatable bonds is 5. The van der Waals surface area contributed by atoms with Crippen LogP contribution in [0.3, 0.4) is 0 Å². The average molecular weight is 461 g/mol. The molecule has 0 saturated heterocycles. The topological polar surface area (TPSA) is 124 Å². The third kappa shape index (κ3) is 4.98. The average Bonchev–Trinajstić information content (AvgIpc) is 2.60. The summed E-state index contributed by atoms with van der Waals surface area (Å²) in [5.74, 6) is -1.48. The third-order valence-corrected chi connectivity index (χ3v) is 7.74. The monoisotopic (exact) mass is 460 g/mol. The molecule has 3 atom stereocenters. The Morgan fingerprint density at radius 1 is 1.26 bits per heavy atom. The largest absolute Gasteiger partial charge is 1.00 e. The van der Waals surface area contributed by atoms with Crippen LogP contribution in [-0.2, 0) is 16.8 Å². The molecule has 2 aliphatic rings. The number of carbonyl (C=O) groups excluding carboxylic acids is 1. The van der Waals surface area contributed by atoms with Crippen molar-refractivity contribution < 1.29 is 61.7 Å². The van der Waals surface area contributed by atoms with Crippen molar-refractivity contribution in [3.05, 3.63) is 28.8 Å². The molecule has 3 rings (SSSR count). The van der Waals surface area contributed by atoms with Gasteiger partial charge in [0.25, 0.3) is 10.4 Å². The Morgan fingerprint density at radius 3 is 2.48 bits per heavy atom. The first-order valence-electron chi connectivity index (χ1n) is 10.1. The third-order valence-electron chi connectivity index (χ3n) is 7.37. The van der Waals surface area contributed by atoms with E-state index in [0.717, 1.165) is 31.3 Å². The molecule has 0 aromatic heterocycles. The van der Waals surface area contributed by atoms with E-state index in [1.807, 2.05) is 6.92 Å². The van der Waals surface area contributed by atoms with Crippen LogP contribution >= 0.6 is 0 Å². The molecular formula is C22H29NaO7S. The molecule has 7 nitrogen and oxygen atoms in total.